The first-order chi connectivity index (χ1) is 8.11. The van der Waals surface area contributed by atoms with Crippen LogP contribution in [0.25, 0.3) is 10.2 Å². The molecule has 1 unspecified atom stereocenters. The Bertz CT molecular complexity index is 483. The maximum absolute atomic E-state index is 10.2. The van der Waals surface area contributed by atoms with Gasteiger partial charge in [0.2, 0.25) is 0 Å². The molecular weight excluding hydrogens is 230 g/mol. The number of hydrogen-bond donors (Lipinski definition) is 1. The van der Waals surface area contributed by atoms with Gasteiger partial charge in [0.25, 0.3) is 0 Å². The van der Waals surface area contributed by atoms with E-state index in [0.717, 1.165) is 23.4 Å². The van der Waals surface area contributed by atoms with E-state index >= 15 is 0 Å². The van der Waals surface area contributed by atoms with Crippen molar-refractivity contribution in [2.75, 3.05) is 0 Å². The lowest BCUT2D eigenvalue weighted by Gasteiger charge is -2.20. The van der Waals surface area contributed by atoms with Crippen LogP contribution in [-0.2, 0) is 6.42 Å². The number of thiazole rings is 1. The highest BCUT2D eigenvalue weighted by molar-refractivity contribution is 7.18. The van der Waals surface area contributed by atoms with Gasteiger partial charge in [0.15, 0.2) is 0 Å². The molecule has 0 fully saturated rings. The second-order valence-electron chi connectivity index (χ2n) is 4.58. The summed E-state index contributed by atoms with van der Waals surface area (Å²) in [7, 11) is 0. The van der Waals surface area contributed by atoms with Crippen LogP contribution < -0.4 is 0 Å². The molecule has 17 heavy (non-hydrogen) atoms. The van der Waals surface area contributed by atoms with Crippen LogP contribution in [0.1, 0.15) is 24.8 Å². The Hall–Kier alpha value is -1.19. The van der Waals surface area contributed by atoms with Gasteiger partial charge in [-0.25, -0.2) is 4.98 Å². The topological polar surface area (TPSA) is 33.1 Å². The SMILES string of the molecule is C=CCCC(C)(O)Cc1nc2ccccc2s1. The zero-order valence-corrected chi connectivity index (χ0v) is 10.8. The highest BCUT2D eigenvalue weighted by atomic mass is 32.1. The first-order valence-electron chi connectivity index (χ1n) is 5.78. The molecule has 1 aromatic heterocycles. The average molecular weight is 247 g/mol. The summed E-state index contributed by atoms with van der Waals surface area (Å²) in [4.78, 5) is 4.54. The van der Waals surface area contributed by atoms with E-state index < -0.39 is 5.60 Å². The Morgan fingerprint density at radius 1 is 1.47 bits per heavy atom. The number of aliphatic hydroxyl groups is 1. The van der Waals surface area contributed by atoms with Crippen LogP contribution in [-0.4, -0.2) is 15.7 Å². The van der Waals surface area contributed by atoms with Crippen LogP contribution in [0, 0.1) is 0 Å². The van der Waals surface area contributed by atoms with Gasteiger partial charge in [0.05, 0.1) is 20.8 Å². The maximum atomic E-state index is 10.2. The zero-order chi connectivity index (χ0) is 12.3. The van der Waals surface area contributed by atoms with Crippen LogP contribution in [0.5, 0.6) is 0 Å². The predicted octanol–water partition coefficient (Wildman–Crippen LogP) is 3.56. The molecule has 2 aromatic rings. The third-order valence-electron chi connectivity index (χ3n) is 2.76. The van der Waals surface area contributed by atoms with Gasteiger partial charge in [-0.15, -0.1) is 17.9 Å². The predicted molar refractivity (Wildman–Crippen MR) is 73.4 cm³/mol. The number of para-hydroxylation sites is 1. The van der Waals surface area contributed by atoms with Gasteiger partial charge < -0.3 is 5.11 Å². The van der Waals surface area contributed by atoms with E-state index in [4.69, 9.17) is 0 Å². The van der Waals surface area contributed by atoms with E-state index in [0.29, 0.717) is 6.42 Å². The first kappa shape index (κ1) is 12.3. The monoisotopic (exact) mass is 247 g/mol. The molecule has 3 heteroatoms. The molecule has 90 valence electrons. The molecular formula is C14H17NOS. The quantitative estimate of drug-likeness (QED) is 0.820. The molecule has 1 aromatic carbocycles. The summed E-state index contributed by atoms with van der Waals surface area (Å²) in [6.45, 7) is 5.55. The third-order valence-corrected chi connectivity index (χ3v) is 3.79. The molecule has 0 spiro atoms. The highest BCUT2D eigenvalue weighted by Crippen LogP contribution is 2.26. The summed E-state index contributed by atoms with van der Waals surface area (Å²) in [5.41, 5.74) is 0.328. The number of benzene rings is 1. The number of hydrogen-bond acceptors (Lipinski definition) is 3. The van der Waals surface area contributed by atoms with Gasteiger partial charge in [-0.1, -0.05) is 18.2 Å². The normalized spacial score (nSPS) is 14.7. The fourth-order valence-electron chi connectivity index (χ4n) is 1.82. The summed E-state index contributed by atoms with van der Waals surface area (Å²) >= 11 is 1.66. The van der Waals surface area contributed by atoms with Crippen molar-refractivity contribution in [3.63, 3.8) is 0 Å². The van der Waals surface area contributed by atoms with E-state index in [1.165, 1.54) is 4.70 Å². The van der Waals surface area contributed by atoms with Crippen molar-refractivity contribution in [1.82, 2.24) is 4.98 Å². The summed E-state index contributed by atoms with van der Waals surface area (Å²) in [6.07, 6.45) is 4.01. The molecule has 2 nitrogen and oxygen atoms in total. The van der Waals surface area contributed by atoms with Crippen molar-refractivity contribution in [2.45, 2.75) is 31.8 Å². The Morgan fingerprint density at radius 2 is 2.24 bits per heavy atom. The number of rotatable bonds is 5. The fourth-order valence-corrected chi connectivity index (χ4v) is 2.97. The minimum absolute atomic E-state index is 0.611. The van der Waals surface area contributed by atoms with Gasteiger partial charge in [-0.05, 0) is 31.9 Å². The van der Waals surface area contributed by atoms with E-state index in [1.807, 2.05) is 31.2 Å². The molecule has 0 radical (unpaired) electrons. The Labute approximate surface area is 106 Å². The maximum Gasteiger partial charge on any atom is 0.0967 e. The fraction of sp³-hybridized carbons (Fsp3) is 0.357. The van der Waals surface area contributed by atoms with Crippen molar-refractivity contribution in [3.05, 3.63) is 41.9 Å². The summed E-state index contributed by atoms with van der Waals surface area (Å²) in [5, 5.41) is 11.2. The smallest absolute Gasteiger partial charge is 0.0967 e. The van der Waals surface area contributed by atoms with Gasteiger partial charge in [-0.2, -0.15) is 0 Å². The first-order valence-corrected chi connectivity index (χ1v) is 6.60. The van der Waals surface area contributed by atoms with Gasteiger partial charge in [0, 0.05) is 6.42 Å². The molecule has 2 rings (SSSR count). The summed E-state index contributed by atoms with van der Waals surface area (Å²) in [5.74, 6) is 0. The lowest BCUT2D eigenvalue weighted by atomic mass is 9.97. The Balaban J connectivity index is 2.14. The van der Waals surface area contributed by atoms with Crippen molar-refractivity contribution >= 4 is 21.6 Å². The second-order valence-corrected chi connectivity index (χ2v) is 5.69. The standard InChI is InChI=1S/C14H17NOS/c1-3-4-9-14(2,16)10-13-15-11-7-5-6-8-12(11)17-13/h3,5-8,16H,1,4,9-10H2,2H3. The molecule has 0 bridgehead atoms. The number of nitrogens with zero attached hydrogens (tertiary/aromatic N) is 1. The van der Waals surface area contributed by atoms with E-state index in [-0.39, 0.29) is 0 Å². The largest absolute Gasteiger partial charge is 0.390 e. The van der Waals surface area contributed by atoms with E-state index in [1.54, 1.807) is 11.3 Å². The Morgan fingerprint density at radius 3 is 2.94 bits per heavy atom. The van der Waals surface area contributed by atoms with Crippen LogP contribution >= 0.6 is 11.3 Å². The molecule has 0 saturated carbocycles. The van der Waals surface area contributed by atoms with Crippen LogP contribution in [0.2, 0.25) is 0 Å². The minimum atomic E-state index is -0.692. The summed E-state index contributed by atoms with van der Waals surface area (Å²) in [6, 6.07) is 8.07. The number of fused-ring (bicyclic) bond motifs is 1. The lowest BCUT2D eigenvalue weighted by molar-refractivity contribution is 0.0523. The number of aromatic nitrogens is 1. The molecule has 1 atom stereocenters. The molecule has 0 amide bonds. The molecule has 1 N–H and O–H groups in total. The molecule has 0 aliphatic carbocycles. The van der Waals surface area contributed by atoms with Crippen molar-refractivity contribution in [3.8, 4) is 0 Å². The van der Waals surface area contributed by atoms with Crippen molar-refractivity contribution in [1.29, 1.82) is 0 Å². The van der Waals surface area contributed by atoms with E-state index in [2.05, 4.69) is 17.6 Å². The van der Waals surface area contributed by atoms with Crippen molar-refractivity contribution in [2.24, 2.45) is 0 Å². The van der Waals surface area contributed by atoms with Crippen LogP contribution in [0.3, 0.4) is 0 Å². The third kappa shape index (κ3) is 3.14. The lowest BCUT2D eigenvalue weighted by Crippen LogP contribution is -2.26. The number of allylic oxidation sites excluding steroid dienone is 1. The zero-order valence-electron chi connectivity index (χ0n) is 10.0. The molecule has 0 saturated heterocycles. The van der Waals surface area contributed by atoms with Gasteiger partial charge >= 0.3 is 0 Å². The second kappa shape index (κ2) is 4.98. The van der Waals surface area contributed by atoms with Gasteiger partial charge in [0.1, 0.15) is 0 Å². The van der Waals surface area contributed by atoms with Crippen LogP contribution in [0.15, 0.2) is 36.9 Å². The Kier molecular flexibility index (Phi) is 3.60. The van der Waals surface area contributed by atoms with Gasteiger partial charge in [-0.3, -0.25) is 0 Å². The average Bonchev–Trinajstić information content (AvgIpc) is 2.67. The molecule has 0 aliphatic rings. The molecule has 1 heterocycles. The summed E-state index contributed by atoms with van der Waals surface area (Å²) < 4.78 is 1.18. The van der Waals surface area contributed by atoms with Crippen molar-refractivity contribution < 1.29 is 5.11 Å². The van der Waals surface area contributed by atoms with Crippen LogP contribution in [0.4, 0.5) is 0 Å². The molecule has 0 aliphatic heterocycles. The minimum Gasteiger partial charge on any atom is -0.390 e. The highest BCUT2D eigenvalue weighted by Gasteiger charge is 2.21. The van der Waals surface area contributed by atoms with E-state index in [9.17, 15) is 5.11 Å².